The fourth-order valence-corrected chi connectivity index (χ4v) is 3.98. The minimum absolute atomic E-state index is 0.0150. The molecule has 1 amide bonds. The topological polar surface area (TPSA) is 68.3 Å². The summed E-state index contributed by atoms with van der Waals surface area (Å²) in [5, 5.41) is 5.17. The van der Waals surface area contributed by atoms with E-state index in [2.05, 4.69) is 10.3 Å². The van der Waals surface area contributed by atoms with Crippen molar-refractivity contribution in [3.63, 3.8) is 0 Å². The highest BCUT2D eigenvalue weighted by Gasteiger charge is 2.19. The molecule has 160 valence electrons. The van der Waals surface area contributed by atoms with E-state index in [1.807, 2.05) is 96.4 Å². The van der Waals surface area contributed by atoms with Crippen LogP contribution in [0.15, 0.2) is 96.4 Å². The van der Waals surface area contributed by atoms with E-state index in [1.165, 1.54) is 11.3 Å². The molecule has 0 radical (unpaired) electrons. The zero-order valence-electron chi connectivity index (χ0n) is 17.3. The predicted molar refractivity (Wildman–Crippen MR) is 126 cm³/mol. The summed E-state index contributed by atoms with van der Waals surface area (Å²) in [6.45, 7) is 0. The minimum atomic E-state index is -0.514. The van der Waals surface area contributed by atoms with Gasteiger partial charge in [0.25, 0.3) is 0 Å². The molecule has 5 nitrogen and oxygen atoms in total. The van der Waals surface area contributed by atoms with Gasteiger partial charge >= 0.3 is 5.97 Å². The fourth-order valence-electron chi connectivity index (χ4n) is 3.24. The summed E-state index contributed by atoms with van der Waals surface area (Å²) in [6, 6.07) is 28.9. The van der Waals surface area contributed by atoms with Gasteiger partial charge in [-0.15, -0.1) is 11.3 Å². The molecule has 0 saturated heterocycles. The number of esters is 1. The number of nitrogens with zero attached hydrogens (tertiary/aromatic N) is 1. The van der Waals surface area contributed by atoms with Crippen LogP contribution in [0.5, 0.6) is 0 Å². The quantitative estimate of drug-likeness (QED) is 0.347. The Balaban J connectivity index is 1.33. The number of aromatic nitrogens is 1. The van der Waals surface area contributed by atoms with Gasteiger partial charge < -0.3 is 10.1 Å². The van der Waals surface area contributed by atoms with Crippen molar-refractivity contribution in [2.24, 2.45) is 0 Å². The average molecular weight is 443 g/mol. The van der Waals surface area contributed by atoms with E-state index >= 15 is 0 Å². The largest absolute Gasteiger partial charge is 0.453 e. The van der Waals surface area contributed by atoms with Gasteiger partial charge in [0.1, 0.15) is 0 Å². The van der Waals surface area contributed by atoms with Crippen LogP contribution in [0.1, 0.15) is 30.1 Å². The molecule has 0 fully saturated rings. The summed E-state index contributed by atoms with van der Waals surface area (Å²) in [5.74, 6) is -0.700. The second-order valence-corrected chi connectivity index (χ2v) is 8.00. The van der Waals surface area contributed by atoms with Crippen LogP contribution >= 0.6 is 11.3 Å². The molecule has 1 N–H and O–H groups in total. The summed E-state index contributed by atoms with van der Waals surface area (Å²) in [7, 11) is 0. The maximum Gasteiger partial charge on any atom is 0.307 e. The zero-order chi connectivity index (χ0) is 22.2. The lowest BCUT2D eigenvalue weighted by atomic mass is 10.0. The summed E-state index contributed by atoms with van der Waals surface area (Å²) >= 11 is 1.35. The predicted octanol–water partition coefficient (Wildman–Crippen LogP) is 5.86. The molecular formula is C26H22N2O3S. The summed E-state index contributed by atoms with van der Waals surface area (Å²) in [5.41, 5.74) is 3.56. The monoisotopic (exact) mass is 442 g/mol. The van der Waals surface area contributed by atoms with Crippen molar-refractivity contribution < 1.29 is 14.3 Å². The number of benzene rings is 3. The number of hydrogen-bond acceptors (Lipinski definition) is 5. The first kappa shape index (κ1) is 21.5. The Morgan fingerprint density at radius 2 is 1.38 bits per heavy atom. The highest BCUT2D eigenvalue weighted by molar-refractivity contribution is 7.14. The Bertz CT molecular complexity index is 1120. The molecule has 3 aromatic carbocycles. The first-order chi connectivity index (χ1) is 15.7. The van der Waals surface area contributed by atoms with E-state index in [0.29, 0.717) is 5.13 Å². The van der Waals surface area contributed by atoms with Gasteiger partial charge in [-0.2, -0.15) is 0 Å². The Morgan fingerprint density at radius 1 is 0.812 bits per heavy atom. The molecule has 1 aromatic heterocycles. The maximum atomic E-state index is 12.5. The molecule has 4 rings (SSSR count). The van der Waals surface area contributed by atoms with Crippen LogP contribution in [-0.2, 0) is 14.3 Å². The van der Waals surface area contributed by atoms with Gasteiger partial charge in [0.15, 0.2) is 11.2 Å². The van der Waals surface area contributed by atoms with Crippen LogP contribution in [0.3, 0.4) is 0 Å². The Morgan fingerprint density at radius 3 is 1.97 bits per heavy atom. The summed E-state index contributed by atoms with van der Waals surface area (Å²) in [6.07, 6.45) is -0.505. The average Bonchev–Trinajstić information content (AvgIpc) is 3.31. The van der Waals surface area contributed by atoms with Crippen LogP contribution in [0, 0.1) is 0 Å². The van der Waals surface area contributed by atoms with Crippen molar-refractivity contribution in [2.45, 2.75) is 18.9 Å². The number of nitrogens with one attached hydrogen (secondary N) is 1. The van der Waals surface area contributed by atoms with E-state index < -0.39 is 12.1 Å². The van der Waals surface area contributed by atoms with Gasteiger partial charge in [-0.3, -0.25) is 9.59 Å². The lowest BCUT2D eigenvalue weighted by Crippen LogP contribution is -2.17. The Hall–Kier alpha value is -3.77. The van der Waals surface area contributed by atoms with Crippen LogP contribution in [0.25, 0.3) is 11.3 Å². The summed E-state index contributed by atoms with van der Waals surface area (Å²) < 4.78 is 5.75. The number of carbonyl (C=O) groups excluding carboxylic acids is 2. The van der Waals surface area contributed by atoms with Crippen LogP contribution in [-0.4, -0.2) is 16.9 Å². The van der Waals surface area contributed by atoms with Crippen molar-refractivity contribution in [1.29, 1.82) is 0 Å². The number of thiazole rings is 1. The first-order valence-electron chi connectivity index (χ1n) is 10.3. The Kier molecular flexibility index (Phi) is 7.05. The third-order valence-corrected chi connectivity index (χ3v) is 5.59. The molecule has 0 unspecified atom stereocenters. The second-order valence-electron chi connectivity index (χ2n) is 7.14. The standard InChI is InChI=1S/C26H22N2O3S/c29-23(28-26-27-22(18-32-26)19-10-4-1-5-11-19)16-17-24(30)31-25(20-12-6-2-7-13-20)21-14-8-3-9-15-21/h1-15,18,25H,16-17H2,(H,27,28,29). The lowest BCUT2D eigenvalue weighted by molar-refractivity contribution is -0.148. The molecule has 6 heteroatoms. The maximum absolute atomic E-state index is 12.5. The molecule has 4 aromatic rings. The number of ether oxygens (including phenoxy) is 1. The third kappa shape index (κ3) is 5.68. The van der Waals surface area contributed by atoms with Crippen molar-refractivity contribution in [3.05, 3.63) is 108 Å². The highest BCUT2D eigenvalue weighted by atomic mass is 32.1. The first-order valence-corrected chi connectivity index (χ1v) is 11.2. The van der Waals surface area contributed by atoms with Crippen molar-refractivity contribution in [1.82, 2.24) is 4.98 Å². The van der Waals surface area contributed by atoms with E-state index in [-0.39, 0.29) is 18.7 Å². The molecule has 0 bridgehead atoms. The van der Waals surface area contributed by atoms with Gasteiger partial charge in [0, 0.05) is 17.4 Å². The molecule has 32 heavy (non-hydrogen) atoms. The van der Waals surface area contributed by atoms with Crippen molar-refractivity contribution in [2.75, 3.05) is 5.32 Å². The molecule has 0 atom stereocenters. The molecular weight excluding hydrogens is 420 g/mol. The van der Waals surface area contributed by atoms with Crippen molar-refractivity contribution in [3.8, 4) is 11.3 Å². The van der Waals surface area contributed by atoms with Gasteiger partial charge in [-0.25, -0.2) is 4.98 Å². The van der Waals surface area contributed by atoms with Gasteiger partial charge in [-0.1, -0.05) is 91.0 Å². The third-order valence-electron chi connectivity index (χ3n) is 4.83. The fraction of sp³-hybridized carbons (Fsp3) is 0.115. The van der Waals surface area contributed by atoms with Gasteiger partial charge in [0.05, 0.1) is 12.1 Å². The molecule has 0 aliphatic heterocycles. The Labute approximate surface area is 190 Å². The normalized spacial score (nSPS) is 10.7. The zero-order valence-corrected chi connectivity index (χ0v) is 18.1. The highest BCUT2D eigenvalue weighted by Crippen LogP contribution is 2.27. The van der Waals surface area contributed by atoms with E-state index in [0.717, 1.165) is 22.4 Å². The minimum Gasteiger partial charge on any atom is -0.453 e. The van der Waals surface area contributed by atoms with Gasteiger partial charge in [-0.05, 0) is 11.1 Å². The molecule has 1 heterocycles. The summed E-state index contributed by atoms with van der Waals surface area (Å²) in [4.78, 5) is 29.3. The SMILES string of the molecule is O=C(CCC(=O)OC(c1ccccc1)c1ccccc1)Nc1nc(-c2ccccc2)cs1. The van der Waals surface area contributed by atoms with Crippen molar-refractivity contribution >= 4 is 28.3 Å². The van der Waals surface area contributed by atoms with Crippen LogP contribution in [0.2, 0.25) is 0 Å². The van der Waals surface area contributed by atoms with Gasteiger partial charge in [0.2, 0.25) is 5.91 Å². The van der Waals surface area contributed by atoms with Crippen LogP contribution < -0.4 is 5.32 Å². The number of rotatable bonds is 8. The van der Waals surface area contributed by atoms with E-state index in [4.69, 9.17) is 4.74 Å². The number of anilines is 1. The molecule has 0 saturated carbocycles. The van der Waals surface area contributed by atoms with E-state index in [1.54, 1.807) is 0 Å². The number of amides is 1. The molecule has 0 aliphatic rings. The second kappa shape index (κ2) is 10.5. The number of hydrogen-bond donors (Lipinski definition) is 1. The smallest absolute Gasteiger partial charge is 0.307 e. The van der Waals surface area contributed by atoms with Crippen LogP contribution in [0.4, 0.5) is 5.13 Å². The number of carbonyl (C=O) groups is 2. The molecule has 0 spiro atoms. The lowest BCUT2D eigenvalue weighted by Gasteiger charge is -2.19. The molecule has 0 aliphatic carbocycles. The van der Waals surface area contributed by atoms with E-state index in [9.17, 15) is 9.59 Å².